The Morgan fingerprint density at radius 3 is 2.95 bits per heavy atom. The molecule has 2 aromatic heterocycles. The van der Waals surface area contributed by atoms with Crippen LogP contribution in [0.3, 0.4) is 0 Å². The molecule has 7 heteroatoms. The molecule has 0 aromatic carbocycles. The maximum atomic E-state index is 12.6. The number of rotatable bonds is 5. The predicted molar refractivity (Wildman–Crippen MR) is 82.6 cm³/mol. The Labute approximate surface area is 133 Å². The summed E-state index contributed by atoms with van der Waals surface area (Å²) >= 11 is 1.62. The quantitative estimate of drug-likeness (QED) is 0.846. The highest BCUT2D eigenvalue weighted by Gasteiger charge is 2.33. The van der Waals surface area contributed by atoms with E-state index in [1.54, 1.807) is 11.3 Å². The first-order valence-corrected chi connectivity index (χ1v) is 8.64. The van der Waals surface area contributed by atoms with Gasteiger partial charge in [0.25, 0.3) is 0 Å². The number of carbonyl (C=O) groups is 1. The summed E-state index contributed by atoms with van der Waals surface area (Å²) in [6, 6.07) is -0.0548. The number of thiazole rings is 1. The van der Waals surface area contributed by atoms with Gasteiger partial charge in [-0.15, -0.1) is 11.3 Å². The van der Waals surface area contributed by atoms with E-state index >= 15 is 0 Å². The number of carbonyl (C=O) groups excluding carboxylic acids is 1. The van der Waals surface area contributed by atoms with Crippen LogP contribution in [0.15, 0.2) is 9.90 Å². The third-order valence-corrected chi connectivity index (χ3v) is 4.93. The molecule has 0 saturated carbocycles. The van der Waals surface area contributed by atoms with E-state index < -0.39 is 0 Å². The Hall–Kier alpha value is -1.76. The van der Waals surface area contributed by atoms with Crippen LogP contribution in [-0.4, -0.2) is 32.5 Å². The minimum Gasteiger partial charge on any atom is -0.339 e. The number of nitrogens with zero attached hydrogens (tertiary/aromatic N) is 4. The van der Waals surface area contributed by atoms with Crippen LogP contribution in [0.25, 0.3) is 0 Å². The fraction of sp³-hybridized carbons (Fsp3) is 0.600. The standard InChI is InChI=1S/C15H20N4O2S/c1-3-12-17-15(18-21-12)11-6-5-7-19(11)14(20)8-10-9-22-13(4-2)16-10/h9,11H,3-8H2,1-2H3/t11-/m1/s1. The zero-order valence-corrected chi connectivity index (χ0v) is 13.7. The number of hydrogen-bond donors (Lipinski definition) is 0. The van der Waals surface area contributed by atoms with Gasteiger partial charge in [-0.25, -0.2) is 4.98 Å². The van der Waals surface area contributed by atoms with Crippen molar-refractivity contribution in [1.82, 2.24) is 20.0 Å². The molecule has 1 atom stereocenters. The highest BCUT2D eigenvalue weighted by molar-refractivity contribution is 7.09. The molecule has 1 fully saturated rings. The van der Waals surface area contributed by atoms with E-state index in [0.29, 0.717) is 24.6 Å². The van der Waals surface area contributed by atoms with E-state index in [0.717, 1.165) is 36.5 Å². The van der Waals surface area contributed by atoms with Crippen molar-refractivity contribution in [2.75, 3.05) is 6.54 Å². The summed E-state index contributed by atoms with van der Waals surface area (Å²) in [7, 11) is 0. The van der Waals surface area contributed by atoms with Gasteiger partial charge in [0, 0.05) is 18.3 Å². The number of amides is 1. The van der Waals surface area contributed by atoms with Crippen LogP contribution in [-0.2, 0) is 24.1 Å². The van der Waals surface area contributed by atoms with Crippen molar-refractivity contribution >= 4 is 17.2 Å². The number of hydrogen-bond acceptors (Lipinski definition) is 6. The van der Waals surface area contributed by atoms with E-state index in [2.05, 4.69) is 22.0 Å². The van der Waals surface area contributed by atoms with Crippen LogP contribution in [0.1, 0.15) is 55.1 Å². The van der Waals surface area contributed by atoms with Gasteiger partial charge in [-0.2, -0.15) is 4.98 Å². The molecule has 3 heterocycles. The second-order valence-electron chi connectivity index (χ2n) is 5.41. The molecule has 6 nitrogen and oxygen atoms in total. The Morgan fingerprint density at radius 1 is 1.41 bits per heavy atom. The number of likely N-dealkylation sites (tertiary alicyclic amines) is 1. The summed E-state index contributed by atoms with van der Waals surface area (Å²) in [5, 5.41) is 7.09. The summed E-state index contributed by atoms with van der Waals surface area (Å²) in [5.74, 6) is 1.36. The zero-order valence-electron chi connectivity index (χ0n) is 12.9. The van der Waals surface area contributed by atoms with Crippen molar-refractivity contribution in [2.45, 2.75) is 52.0 Å². The van der Waals surface area contributed by atoms with Crippen molar-refractivity contribution < 1.29 is 9.32 Å². The summed E-state index contributed by atoms with van der Waals surface area (Å²) in [6.07, 6.45) is 3.85. The topological polar surface area (TPSA) is 72.1 Å². The summed E-state index contributed by atoms with van der Waals surface area (Å²) in [4.78, 5) is 23.3. The van der Waals surface area contributed by atoms with Crippen LogP contribution >= 0.6 is 11.3 Å². The molecule has 0 bridgehead atoms. The molecule has 118 valence electrons. The van der Waals surface area contributed by atoms with E-state index in [4.69, 9.17) is 4.52 Å². The zero-order chi connectivity index (χ0) is 15.5. The summed E-state index contributed by atoms with van der Waals surface area (Å²) in [6.45, 7) is 4.80. The fourth-order valence-electron chi connectivity index (χ4n) is 2.73. The molecule has 0 spiro atoms. The molecule has 3 rings (SSSR count). The molecule has 0 radical (unpaired) electrons. The van der Waals surface area contributed by atoms with Crippen molar-refractivity contribution in [3.8, 4) is 0 Å². The van der Waals surface area contributed by atoms with Gasteiger partial charge in [0.1, 0.15) is 0 Å². The molecule has 0 unspecified atom stereocenters. The molecule has 1 amide bonds. The molecule has 2 aromatic rings. The Kier molecular flexibility index (Phi) is 4.52. The van der Waals surface area contributed by atoms with E-state index in [1.165, 1.54) is 0 Å². The predicted octanol–water partition coefficient (Wildman–Crippen LogP) is 2.56. The molecule has 1 saturated heterocycles. The number of aryl methyl sites for hydroxylation is 2. The lowest BCUT2D eigenvalue weighted by Gasteiger charge is -2.21. The monoisotopic (exact) mass is 320 g/mol. The van der Waals surface area contributed by atoms with Gasteiger partial charge in [-0.3, -0.25) is 4.79 Å². The summed E-state index contributed by atoms with van der Waals surface area (Å²) < 4.78 is 5.18. The minimum absolute atomic E-state index is 0.0548. The van der Waals surface area contributed by atoms with Crippen molar-refractivity contribution in [3.05, 3.63) is 27.8 Å². The maximum absolute atomic E-state index is 12.6. The molecule has 0 N–H and O–H groups in total. The average molecular weight is 320 g/mol. The fourth-order valence-corrected chi connectivity index (χ4v) is 3.47. The normalized spacial score (nSPS) is 18.1. The smallest absolute Gasteiger partial charge is 0.229 e. The van der Waals surface area contributed by atoms with Gasteiger partial charge in [-0.1, -0.05) is 19.0 Å². The lowest BCUT2D eigenvalue weighted by molar-refractivity contribution is -0.131. The van der Waals surface area contributed by atoms with Crippen LogP contribution in [0.5, 0.6) is 0 Å². The molecule has 22 heavy (non-hydrogen) atoms. The SMILES string of the molecule is CCc1nc([C@H]2CCCN2C(=O)Cc2csc(CC)n2)no1. The van der Waals surface area contributed by atoms with Gasteiger partial charge >= 0.3 is 0 Å². The maximum Gasteiger partial charge on any atom is 0.229 e. The largest absolute Gasteiger partial charge is 0.339 e. The second kappa shape index (κ2) is 6.56. The first kappa shape index (κ1) is 15.1. The third-order valence-electron chi connectivity index (χ3n) is 3.89. The Balaban J connectivity index is 1.70. The van der Waals surface area contributed by atoms with Crippen LogP contribution < -0.4 is 0 Å². The summed E-state index contributed by atoms with van der Waals surface area (Å²) in [5.41, 5.74) is 0.861. The van der Waals surface area contributed by atoms with E-state index in [9.17, 15) is 4.79 Å². The van der Waals surface area contributed by atoms with Crippen LogP contribution in [0.4, 0.5) is 0 Å². The van der Waals surface area contributed by atoms with E-state index in [-0.39, 0.29) is 11.9 Å². The lowest BCUT2D eigenvalue weighted by Crippen LogP contribution is -2.32. The Bertz CT molecular complexity index is 652. The molecule has 1 aliphatic heterocycles. The van der Waals surface area contributed by atoms with Gasteiger partial charge in [-0.05, 0) is 19.3 Å². The molecular weight excluding hydrogens is 300 g/mol. The van der Waals surface area contributed by atoms with Gasteiger partial charge in [0.2, 0.25) is 11.8 Å². The third kappa shape index (κ3) is 3.04. The minimum atomic E-state index is -0.0548. The highest BCUT2D eigenvalue weighted by atomic mass is 32.1. The second-order valence-corrected chi connectivity index (χ2v) is 6.35. The van der Waals surface area contributed by atoms with Crippen LogP contribution in [0, 0.1) is 0 Å². The van der Waals surface area contributed by atoms with Crippen molar-refractivity contribution in [1.29, 1.82) is 0 Å². The first-order chi connectivity index (χ1) is 10.7. The molecule has 0 aliphatic carbocycles. The Morgan fingerprint density at radius 2 is 2.27 bits per heavy atom. The van der Waals surface area contributed by atoms with Crippen molar-refractivity contribution in [3.63, 3.8) is 0 Å². The lowest BCUT2D eigenvalue weighted by atomic mass is 10.2. The highest BCUT2D eigenvalue weighted by Crippen LogP contribution is 2.30. The van der Waals surface area contributed by atoms with Gasteiger partial charge < -0.3 is 9.42 Å². The first-order valence-electron chi connectivity index (χ1n) is 7.76. The van der Waals surface area contributed by atoms with E-state index in [1.807, 2.05) is 17.2 Å². The van der Waals surface area contributed by atoms with Crippen molar-refractivity contribution in [2.24, 2.45) is 0 Å². The molecule has 1 aliphatic rings. The average Bonchev–Trinajstić information content (AvgIpc) is 3.26. The van der Waals surface area contributed by atoms with Crippen LogP contribution in [0.2, 0.25) is 0 Å². The molecular formula is C15H20N4O2S. The number of aromatic nitrogens is 3. The van der Waals surface area contributed by atoms with Gasteiger partial charge in [0.05, 0.1) is 23.2 Å². The van der Waals surface area contributed by atoms with Gasteiger partial charge in [0.15, 0.2) is 5.82 Å².